The van der Waals surface area contributed by atoms with Crippen LogP contribution in [0.5, 0.6) is 6.08 Å². The largest absolute Gasteiger partial charge is 0.524 e. The molecule has 0 fully saturated rings. The monoisotopic (exact) mass is 238 g/mol. The molecule has 0 radical (unpaired) electrons. The van der Waals surface area contributed by atoms with Crippen LogP contribution in [-0.4, -0.2) is 5.10 Å². The number of hydrogen-bond acceptors (Lipinski definition) is 3. The van der Waals surface area contributed by atoms with Crippen molar-refractivity contribution in [3.05, 3.63) is 60.7 Å². The predicted octanol–water partition coefficient (Wildman–Crippen LogP) is 1.69. The van der Waals surface area contributed by atoms with E-state index in [-0.39, 0.29) is 0 Å². The highest BCUT2D eigenvalue weighted by atomic mass is 16.5. The Morgan fingerprint density at radius 1 is 0.889 bits per heavy atom. The Morgan fingerprint density at radius 2 is 1.50 bits per heavy atom. The number of nitrogens with zero attached hydrogens (tertiary/aromatic N) is 2. The number of aromatic nitrogens is 2. The van der Waals surface area contributed by atoms with Crippen LogP contribution >= 0.6 is 0 Å². The first kappa shape index (κ1) is 10.5. The third-order valence-corrected chi connectivity index (χ3v) is 2.58. The van der Waals surface area contributed by atoms with E-state index in [0.717, 1.165) is 11.3 Å². The maximum absolute atomic E-state index is 11.4. The van der Waals surface area contributed by atoms with Crippen LogP contribution in [0.1, 0.15) is 0 Å². The number of para-hydroxylation sites is 1. The summed E-state index contributed by atoms with van der Waals surface area (Å²) in [5.41, 5.74) is 1.61. The van der Waals surface area contributed by atoms with Gasteiger partial charge in [0.05, 0.1) is 5.56 Å². The van der Waals surface area contributed by atoms with E-state index in [2.05, 4.69) is 5.10 Å². The molecule has 0 aliphatic carbocycles. The Hall–Kier alpha value is -2.62. The third-order valence-electron chi connectivity index (χ3n) is 2.58. The Kier molecular flexibility index (Phi) is 2.53. The molecule has 1 heterocycles. The van der Waals surface area contributed by atoms with E-state index < -0.39 is 6.08 Å². The molecule has 0 bridgehead atoms. The minimum Gasteiger partial charge on any atom is -0.524 e. The van der Waals surface area contributed by atoms with Gasteiger partial charge in [0.1, 0.15) is 0 Å². The van der Waals surface area contributed by atoms with Gasteiger partial charge in [-0.25, -0.2) is 0 Å². The molecule has 0 N–H and O–H groups in total. The zero-order chi connectivity index (χ0) is 12.4. The van der Waals surface area contributed by atoms with E-state index in [1.165, 1.54) is 4.68 Å². The lowest BCUT2D eigenvalue weighted by Gasteiger charge is -1.96. The molecule has 0 aliphatic rings. The van der Waals surface area contributed by atoms with Crippen LogP contribution in [-0.2, 0) is 0 Å². The van der Waals surface area contributed by atoms with E-state index in [0.29, 0.717) is 5.89 Å². The summed E-state index contributed by atoms with van der Waals surface area (Å²) in [6.45, 7) is 0. The minimum atomic E-state index is -0.599. The first-order chi connectivity index (χ1) is 8.84. The van der Waals surface area contributed by atoms with Gasteiger partial charge in [0.2, 0.25) is 11.8 Å². The molecule has 4 nitrogen and oxygen atoms in total. The van der Waals surface area contributed by atoms with Crippen LogP contribution < -0.4 is 9.79 Å². The molecule has 0 saturated heterocycles. The van der Waals surface area contributed by atoms with Crippen molar-refractivity contribution in [2.75, 3.05) is 0 Å². The molecule has 0 aliphatic heterocycles. The van der Waals surface area contributed by atoms with Crippen molar-refractivity contribution in [1.82, 2.24) is 5.10 Å². The van der Waals surface area contributed by atoms with Gasteiger partial charge in [0, 0.05) is 17.2 Å². The van der Waals surface area contributed by atoms with E-state index in [9.17, 15) is 5.11 Å². The second kappa shape index (κ2) is 4.33. The average Bonchev–Trinajstić information content (AvgIpc) is 2.83. The molecular weight excluding hydrogens is 228 g/mol. The molecule has 4 heteroatoms. The lowest BCUT2D eigenvalue weighted by Crippen LogP contribution is -2.34. The summed E-state index contributed by atoms with van der Waals surface area (Å²) in [4.78, 5) is 0. The SMILES string of the molecule is [O-]c1n[n+](-c2ccccc2)c(-c2ccccc2)o1. The van der Waals surface area contributed by atoms with Gasteiger partial charge in [-0.3, -0.25) is 0 Å². The third kappa shape index (κ3) is 1.84. The van der Waals surface area contributed by atoms with Gasteiger partial charge in [0.25, 0.3) is 0 Å². The maximum Gasteiger partial charge on any atom is 0.303 e. The summed E-state index contributed by atoms with van der Waals surface area (Å²) in [5, 5.41) is 15.2. The summed E-state index contributed by atoms with van der Waals surface area (Å²) >= 11 is 0. The number of benzene rings is 2. The Morgan fingerprint density at radius 3 is 2.17 bits per heavy atom. The Balaban J connectivity index is 2.17. The highest BCUT2D eigenvalue weighted by Gasteiger charge is 2.18. The summed E-state index contributed by atoms with van der Waals surface area (Å²) in [7, 11) is 0. The second-order valence-corrected chi connectivity index (χ2v) is 3.79. The molecular formula is C14H10N2O2. The van der Waals surface area contributed by atoms with E-state index in [4.69, 9.17) is 4.42 Å². The van der Waals surface area contributed by atoms with E-state index in [1.54, 1.807) is 0 Å². The van der Waals surface area contributed by atoms with Crippen LogP contribution in [0.15, 0.2) is 65.1 Å². The number of hydrogen-bond donors (Lipinski definition) is 0. The summed E-state index contributed by atoms with van der Waals surface area (Å²) in [5.74, 6) is 0.437. The van der Waals surface area contributed by atoms with Gasteiger partial charge in [-0.15, -0.1) is 0 Å². The van der Waals surface area contributed by atoms with Crippen molar-refractivity contribution in [3.63, 3.8) is 0 Å². The molecule has 0 unspecified atom stereocenters. The molecule has 0 atom stereocenters. The van der Waals surface area contributed by atoms with Gasteiger partial charge < -0.3 is 9.52 Å². The fourth-order valence-corrected chi connectivity index (χ4v) is 1.78. The highest BCUT2D eigenvalue weighted by Crippen LogP contribution is 2.18. The average molecular weight is 238 g/mol. The van der Waals surface area contributed by atoms with Crippen molar-refractivity contribution >= 4 is 0 Å². The number of rotatable bonds is 2. The van der Waals surface area contributed by atoms with Gasteiger partial charge in [-0.05, 0) is 16.8 Å². The van der Waals surface area contributed by atoms with Gasteiger partial charge >= 0.3 is 5.89 Å². The van der Waals surface area contributed by atoms with Crippen molar-refractivity contribution < 1.29 is 14.2 Å². The zero-order valence-corrected chi connectivity index (χ0v) is 9.48. The lowest BCUT2D eigenvalue weighted by atomic mass is 10.2. The van der Waals surface area contributed by atoms with Crippen LogP contribution in [0.3, 0.4) is 0 Å². The van der Waals surface area contributed by atoms with Crippen LogP contribution in [0.2, 0.25) is 0 Å². The van der Waals surface area contributed by atoms with Crippen LogP contribution in [0.25, 0.3) is 17.1 Å². The second-order valence-electron chi connectivity index (χ2n) is 3.79. The molecule has 0 amide bonds. The van der Waals surface area contributed by atoms with Crippen LogP contribution in [0.4, 0.5) is 0 Å². The van der Waals surface area contributed by atoms with Crippen molar-refractivity contribution in [2.45, 2.75) is 0 Å². The van der Waals surface area contributed by atoms with Gasteiger partial charge in [-0.1, -0.05) is 36.4 Å². The van der Waals surface area contributed by atoms with Crippen molar-refractivity contribution in [3.8, 4) is 23.2 Å². The van der Waals surface area contributed by atoms with Gasteiger partial charge in [-0.2, -0.15) is 0 Å². The van der Waals surface area contributed by atoms with Crippen molar-refractivity contribution in [1.29, 1.82) is 0 Å². The Bertz CT molecular complexity index is 591. The molecule has 0 saturated carbocycles. The molecule has 3 aromatic rings. The summed E-state index contributed by atoms with van der Waals surface area (Å²) in [6.07, 6.45) is -0.599. The maximum atomic E-state index is 11.4. The highest BCUT2D eigenvalue weighted by molar-refractivity contribution is 5.50. The molecule has 0 spiro atoms. The molecule has 2 aromatic carbocycles. The molecule has 1 aromatic heterocycles. The molecule has 88 valence electrons. The smallest absolute Gasteiger partial charge is 0.303 e. The van der Waals surface area contributed by atoms with Gasteiger partial charge in [0.15, 0.2) is 0 Å². The normalized spacial score (nSPS) is 10.4. The Labute approximate surface area is 104 Å². The summed E-state index contributed by atoms with van der Waals surface area (Å²) in [6, 6.07) is 18.8. The first-order valence-corrected chi connectivity index (χ1v) is 5.55. The van der Waals surface area contributed by atoms with E-state index >= 15 is 0 Å². The standard InChI is InChI=1S/C14H10N2O2/c17-14-15-16(12-9-5-2-6-10-12)13(18-14)11-7-3-1-4-8-11/h1-10H. The lowest BCUT2D eigenvalue weighted by molar-refractivity contribution is -0.651. The minimum absolute atomic E-state index is 0.437. The zero-order valence-electron chi connectivity index (χ0n) is 9.48. The fraction of sp³-hybridized carbons (Fsp3) is 0. The topological polar surface area (TPSA) is 53.0 Å². The van der Waals surface area contributed by atoms with E-state index in [1.807, 2.05) is 60.7 Å². The predicted molar refractivity (Wildman–Crippen MR) is 62.9 cm³/mol. The van der Waals surface area contributed by atoms with Crippen molar-refractivity contribution in [2.24, 2.45) is 0 Å². The molecule has 3 rings (SSSR count). The quantitative estimate of drug-likeness (QED) is 0.638. The molecule has 18 heavy (non-hydrogen) atoms. The van der Waals surface area contributed by atoms with Crippen LogP contribution in [0, 0.1) is 0 Å². The summed E-state index contributed by atoms with van der Waals surface area (Å²) < 4.78 is 6.66. The first-order valence-electron chi connectivity index (χ1n) is 5.55. The fourth-order valence-electron chi connectivity index (χ4n) is 1.78.